The summed E-state index contributed by atoms with van der Waals surface area (Å²) in [6, 6.07) is 18.0. The van der Waals surface area contributed by atoms with Gasteiger partial charge >= 0.3 is 0 Å². The zero-order valence-electron chi connectivity index (χ0n) is 19.4. The minimum absolute atomic E-state index is 0.0201. The molecule has 7 nitrogen and oxygen atoms in total. The molecule has 3 heterocycles. The third-order valence-electron chi connectivity index (χ3n) is 6.51. The molecule has 0 bridgehead atoms. The van der Waals surface area contributed by atoms with Crippen molar-refractivity contribution in [2.24, 2.45) is 0 Å². The number of ketones is 1. The van der Waals surface area contributed by atoms with Crippen LogP contribution in [0.25, 0.3) is 21.2 Å². The molecule has 0 saturated carbocycles. The van der Waals surface area contributed by atoms with Crippen LogP contribution in [-0.4, -0.2) is 26.9 Å². The van der Waals surface area contributed by atoms with E-state index in [0.717, 1.165) is 26.7 Å². The van der Waals surface area contributed by atoms with Crippen molar-refractivity contribution in [3.05, 3.63) is 101 Å². The fraction of sp³-hybridized carbons (Fsp3) is 0.107. The molecule has 0 aliphatic carbocycles. The van der Waals surface area contributed by atoms with Gasteiger partial charge in [-0.2, -0.15) is 0 Å². The van der Waals surface area contributed by atoms with Crippen LogP contribution in [-0.2, 0) is 4.79 Å². The van der Waals surface area contributed by atoms with Gasteiger partial charge in [-0.25, -0.2) is 4.98 Å². The van der Waals surface area contributed by atoms with Crippen LogP contribution in [0.5, 0.6) is 5.75 Å². The van der Waals surface area contributed by atoms with Crippen LogP contribution in [0.1, 0.15) is 33.3 Å². The van der Waals surface area contributed by atoms with E-state index in [0.29, 0.717) is 16.3 Å². The highest BCUT2D eigenvalue weighted by Crippen LogP contribution is 2.45. The number of phenols is 1. The van der Waals surface area contributed by atoms with E-state index in [4.69, 9.17) is 4.42 Å². The minimum atomic E-state index is -0.957. The summed E-state index contributed by atoms with van der Waals surface area (Å²) in [5.41, 5.74) is 3.87. The van der Waals surface area contributed by atoms with E-state index >= 15 is 0 Å². The standard InChI is InChI=1S/C28H20N2O5S/c1-14-11-19-22(12-15(14)2)36-28(29-19)30-24(16-7-9-18(31)10-8-16)23(26(33)27(30)34)25(32)21-13-17-5-3-4-6-20(17)35-21/h3-13,24,31,33H,1-2H3. The Labute approximate surface area is 209 Å². The zero-order valence-corrected chi connectivity index (χ0v) is 20.2. The highest BCUT2D eigenvalue weighted by Gasteiger charge is 2.46. The second-order valence-electron chi connectivity index (χ2n) is 8.81. The van der Waals surface area contributed by atoms with Crippen molar-refractivity contribution < 1.29 is 24.2 Å². The van der Waals surface area contributed by atoms with Crippen molar-refractivity contribution in [3.63, 3.8) is 0 Å². The molecule has 3 aromatic carbocycles. The average Bonchev–Trinajstić information content (AvgIpc) is 3.54. The molecule has 1 amide bonds. The smallest absolute Gasteiger partial charge is 0.296 e. The number of rotatable bonds is 4. The fourth-order valence-electron chi connectivity index (χ4n) is 4.50. The second kappa shape index (κ2) is 8.07. The predicted molar refractivity (Wildman–Crippen MR) is 138 cm³/mol. The number of carbonyl (C=O) groups excluding carboxylic acids is 2. The SMILES string of the molecule is Cc1cc2nc(N3C(=O)C(O)=C(C(=O)c4cc5ccccc5o4)C3c3ccc(O)cc3)sc2cc1C. The summed E-state index contributed by atoms with van der Waals surface area (Å²) in [6.07, 6.45) is 0. The molecule has 1 aliphatic heterocycles. The van der Waals surface area contributed by atoms with Gasteiger partial charge in [0.2, 0.25) is 5.78 Å². The van der Waals surface area contributed by atoms with Gasteiger partial charge in [-0.15, -0.1) is 0 Å². The first-order chi connectivity index (χ1) is 17.3. The maximum atomic E-state index is 13.7. The summed E-state index contributed by atoms with van der Waals surface area (Å²) in [4.78, 5) is 33.2. The summed E-state index contributed by atoms with van der Waals surface area (Å²) in [6.45, 7) is 4.00. The number of fused-ring (bicyclic) bond motifs is 2. The van der Waals surface area contributed by atoms with Crippen LogP contribution in [0.4, 0.5) is 5.13 Å². The molecule has 178 valence electrons. The third-order valence-corrected chi connectivity index (χ3v) is 7.53. The lowest BCUT2D eigenvalue weighted by Gasteiger charge is -2.24. The van der Waals surface area contributed by atoms with E-state index in [2.05, 4.69) is 4.98 Å². The van der Waals surface area contributed by atoms with Gasteiger partial charge in [0.1, 0.15) is 11.3 Å². The number of aromatic nitrogens is 1. The number of nitrogens with zero attached hydrogens (tertiary/aromatic N) is 2. The van der Waals surface area contributed by atoms with Crippen molar-refractivity contribution in [1.82, 2.24) is 4.98 Å². The molecular weight excluding hydrogens is 476 g/mol. The Morgan fingerprint density at radius 3 is 2.47 bits per heavy atom. The fourth-order valence-corrected chi connectivity index (χ4v) is 5.58. The van der Waals surface area contributed by atoms with Crippen molar-refractivity contribution in [2.75, 3.05) is 4.90 Å². The van der Waals surface area contributed by atoms with Gasteiger partial charge in [0, 0.05) is 5.39 Å². The molecular formula is C28H20N2O5S. The number of aromatic hydroxyl groups is 1. The number of hydrogen-bond acceptors (Lipinski definition) is 7. The van der Waals surface area contributed by atoms with Gasteiger partial charge in [-0.1, -0.05) is 41.7 Å². The predicted octanol–water partition coefficient (Wildman–Crippen LogP) is 6.15. The van der Waals surface area contributed by atoms with Crippen LogP contribution in [0.2, 0.25) is 0 Å². The van der Waals surface area contributed by atoms with Crippen molar-refractivity contribution in [2.45, 2.75) is 19.9 Å². The van der Waals surface area contributed by atoms with Gasteiger partial charge in [-0.05, 0) is 66.9 Å². The molecule has 1 aliphatic rings. The molecule has 0 radical (unpaired) electrons. The number of carbonyl (C=O) groups is 2. The zero-order chi connectivity index (χ0) is 25.1. The number of aryl methyl sites for hydroxylation is 2. The number of amides is 1. The molecule has 8 heteroatoms. The number of anilines is 1. The minimum Gasteiger partial charge on any atom is -0.508 e. The lowest BCUT2D eigenvalue weighted by molar-refractivity contribution is -0.117. The highest BCUT2D eigenvalue weighted by molar-refractivity contribution is 7.22. The average molecular weight is 497 g/mol. The Morgan fingerprint density at radius 1 is 1.00 bits per heavy atom. The Hall–Kier alpha value is -4.43. The van der Waals surface area contributed by atoms with Gasteiger partial charge in [0.25, 0.3) is 5.91 Å². The molecule has 1 unspecified atom stereocenters. The number of furan rings is 1. The summed E-state index contributed by atoms with van der Waals surface area (Å²) in [7, 11) is 0. The van der Waals surface area contributed by atoms with Gasteiger partial charge in [-0.3, -0.25) is 14.5 Å². The number of aliphatic hydroxyl groups is 1. The van der Waals surface area contributed by atoms with E-state index in [-0.39, 0.29) is 17.1 Å². The number of hydrogen-bond donors (Lipinski definition) is 2. The Balaban J connectivity index is 1.51. The maximum absolute atomic E-state index is 13.7. The lowest BCUT2D eigenvalue weighted by Crippen LogP contribution is -2.30. The molecule has 2 N–H and O–H groups in total. The quantitative estimate of drug-likeness (QED) is 0.289. The van der Waals surface area contributed by atoms with E-state index < -0.39 is 23.5 Å². The van der Waals surface area contributed by atoms with Crippen LogP contribution >= 0.6 is 11.3 Å². The first-order valence-corrected chi connectivity index (χ1v) is 12.1. The van der Waals surface area contributed by atoms with E-state index in [1.54, 1.807) is 30.3 Å². The number of Topliss-reactive ketones (excluding diaryl/α,β-unsaturated/α-hetero) is 1. The number of thiazole rings is 1. The molecule has 0 fully saturated rings. The maximum Gasteiger partial charge on any atom is 0.296 e. The van der Waals surface area contributed by atoms with Crippen LogP contribution in [0.15, 0.2) is 82.5 Å². The molecule has 1 atom stereocenters. The summed E-state index contributed by atoms with van der Waals surface area (Å²) >= 11 is 1.31. The summed E-state index contributed by atoms with van der Waals surface area (Å²) in [5.74, 6) is -1.90. The number of aliphatic hydroxyl groups excluding tert-OH is 1. The number of benzene rings is 3. The Morgan fingerprint density at radius 2 is 1.72 bits per heavy atom. The Kier molecular flexibility index (Phi) is 4.94. The third kappa shape index (κ3) is 3.37. The molecule has 36 heavy (non-hydrogen) atoms. The molecule has 0 spiro atoms. The number of para-hydroxylation sites is 1. The van der Waals surface area contributed by atoms with Crippen molar-refractivity contribution >= 4 is 49.3 Å². The molecule has 0 saturated heterocycles. The monoisotopic (exact) mass is 496 g/mol. The van der Waals surface area contributed by atoms with Crippen molar-refractivity contribution in [1.29, 1.82) is 0 Å². The van der Waals surface area contributed by atoms with Gasteiger partial charge in [0.15, 0.2) is 16.7 Å². The highest BCUT2D eigenvalue weighted by atomic mass is 32.1. The van der Waals surface area contributed by atoms with Crippen LogP contribution in [0.3, 0.4) is 0 Å². The lowest BCUT2D eigenvalue weighted by atomic mass is 9.95. The van der Waals surface area contributed by atoms with E-state index in [1.807, 2.05) is 38.1 Å². The van der Waals surface area contributed by atoms with Gasteiger partial charge < -0.3 is 14.6 Å². The largest absolute Gasteiger partial charge is 0.508 e. The first kappa shape index (κ1) is 22.1. The Bertz CT molecular complexity index is 1660. The molecule has 5 aromatic rings. The van der Waals surface area contributed by atoms with E-state index in [9.17, 15) is 19.8 Å². The topological polar surface area (TPSA) is 104 Å². The molecule has 2 aromatic heterocycles. The van der Waals surface area contributed by atoms with Crippen LogP contribution < -0.4 is 4.90 Å². The normalized spacial score (nSPS) is 16.0. The van der Waals surface area contributed by atoms with E-state index in [1.165, 1.54) is 28.4 Å². The first-order valence-electron chi connectivity index (χ1n) is 11.3. The molecule has 6 rings (SSSR count). The number of phenolic OH excluding ortho intramolecular Hbond substituents is 1. The van der Waals surface area contributed by atoms with Gasteiger partial charge in [0.05, 0.1) is 21.8 Å². The van der Waals surface area contributed by atoms with Crippen LogP contribution in [0, 0.1) is 13.8 Å². The second-order valence-corrected chi connectivity index (χ2v) is 9.82. The summed E-state index contributed by atoms with van der Waals surface area (Å²) < 4.78 is 6.66. The summed E-state index contributed by atoms with van der Waals surface area (Å²) in [5, 5.41) is 21.9. The van der Waals surface area contributed by atoms with Crippen molar-refractivity contribution in [3.8, 4) is 5.75 Å².